The monoisotopic (exact) mass is 490 g/mol. The van der Waals surface area contributed by atoms with Crippen LogP contribution in [0.25, 0.3) is 11.1 Å². The highest BCUT2D eigenvalue weighted by atomic mass is 32.2. The number of ether oxygens (including phenoxy) is 2. The van der Waals surface area contributed by atoms with Gasteiger partial charge in [0.25, 0.3) is 5.91 Å². The second-order valence-electron chi connectivity index (χ2n) is 7.52. The third kappa shape index (κ3) is 5.82. The Morgan fingerprint density at radius 2 is 1.54 bits per heavy atom. The summed E-state index contributed by atoms with van der Waals surface area (Å²) in [6.07, 6.45) is 0. The van der Waals surface area contributed by atoms with Crippen LogP contribution in [-0.2, 0) is 17.6 Å². The number of rotatable bonds is 9. The van der Waals surface area contributed by atoms with E-state index < -0.39 is 16.9 Å². The number of nitrogens with one attached hydrogen (secondary N) is 1. The lowest BCUT2D eigenvalue weighted by atomic mass is 10.1. The molecule has 4 rings (SSSR count). The normalized spacial score (nSPS) is 11.5. The fourth-order valence-corrected chi connectivity index (χ4v) is 4.06. The molecule has 1 aromatic heterocycles. The smallest absolute Gasteiger partial charge is 0.298 e. The van der Waals surface area contributed by atoms with Gasteiger partial charge in [-0.25, -0.2) is 4.21 Å². The first-order chi connectivity index (χ1) is 17.0. The minimum absolute atomic E-state index is 0.0236. The molecule has 0 saturated heterocycles. The van der Waals surface area contributed by atoms with Crippen molar-refractivity contribution in [2.75, 3.05) is 7.11 Å². The Bertz CT molecular complexity index is 1350. The van der Waals surface area contributed by atoms with Gasteiger partial charge in [-0.3, -0.25) is 9.52 Å². The molecule has 8 nitrogen and oxygen atoms in total. The Balaban J connectivity index is 1.36. The quantitative estimate of drug-likeness (QED) is 0.302. The van der Waals surface area contributed by atoms with Crippen molar-refractivity contribution in [3.8, 4) is 22.6 Å². The molecule has 1 unspecified atom stereocenters. The van der Waals surface area contributed by atoms with Crippen LogP contribution in [0.1, 0.15) is 21.9 Å². The molecule has 1 atom stereocenters. The summed E-state index contributed by atoms with van der Waals surface area (Å²) < 4.78 is 31.4. The number of furan rings is 1. The van der Waals surface area contributed by atoms with E-state index in [0.29, 0.717) is 22.0 Å². The fourth-order valence-electron chi connectivity index (χ4n) is 3.29. The number of benzene rings is 3. The topological polar surface area (TPSA) is 107 Å². The maximum absolute atomic E-state index is 12.5. The number of carbonyl (C=O) groups is 1. The van der Waals surface area contributed by atoms with Gasteiger partial charge in [-0.05, 0) is 77.8 Å². The van der Waals surface area contributed by atoms with Crippen LogP contribution in [0.3, 0.4) is 0 Å². The SMILES string of the molecule is COc1ccc(-c2ccc(OCc3cc(C(=O)NS(=O)c4ccc(N=O)cc4)oc3C)cc2)cc1. The van der Waals surface area contributed by atoms with Crippen molar-refractivity contribution in [3.05, 3.63) is 101 Å². The number of carbonyl (C=O) groups excluding carboxylic acids is 1. The van der Waals surface area contributed by atoms with Gasteiger partial charge in [0.15, 0.2) is 16.7 Å². The zero-order valence-electron chi connectivity index (χ0n) is 19.0. The van der Waals surface area contributed by atoms with Gasteiger partial charge in [0.05, 0.1) is 12.0 Å². The number of methoxy groups -OCH3 is 1. The number of aryl methyl sites for hydroxylation is 1. The zero-order valence-corrected chi connectivity index (χ0v) is 19.8. The zero-order chi connectivity index (χ0) is 24.8. The summed E-state index contributed by atoms with van der Waals surface area (Å²) in [5, 5.41) is 2.79. The van der Waals surface area contributed by atoms with Crippen LogP contribution in [0, 0.1) is 11.8 Å². The third-order valence-corrected chi connectivity index (χ3v) is 6.33. The summed E-state index contributed by atoms with van der Waals surface area (Å²) in [6, 6.07) is 22.8. The van der Waals surface area contributed by atoms with Crippen LogP contribution in [0.4, 0.5) is 5.69 Å². The predicted molar refractivity (Wildman–Crippen MR) is 132 cm³/mol. The van der Waals surface area contributed by atoms with Crippen molar-refractivity contribution in [1.82, 2.24) is 4.72 Å². The van der Waals surface area contributed by atoms with E-state index in [4.69, 9.17) is 13.9 Å². The maximum atomic E-state index is 12.5. The van der Waals surface area contributed by atoms with Gasteiger partial charge < -0.3 is 13.9 Å². The van der Waals surface area contributed by atoms with Crippen LogP contribution in [0.5, 0.6) is 11.5 Å². The average Bonchev–Trinajstić information content (AvgIpc) is 3.28. The van der Waals surface area contributed by atoms with Gasteiger partial charge >= 0.3 is 0 Å². The Hall–Kier alpha value is -4.24. The molecule has 0 aliphatic carbocycles. The van der Waals surface area contributed by atoms with Gasteiger partial charge in [0, 0.05) is 5.56 Å². The van der Waals surface area contributed by atoms with E-state index in [1.807, 2.05) is 48.5 Å². The lowest BCUT2D eigenvalue weighted by molar-refractivity contribution is 0.0954. The predicted octanol–water partition coefficient (Wildman–Crippen LogP) is 5.69. The maximum Gasteiger partial charge on any atom is 0.298 e. The standard InChI is InChI=1S/C26H22N2O6S/c1-17-20(15-25(34-17)26(29)28-35(31)24-13-7-21(27-30)8-14-24)16-33-23-11-5-19(6-12-23)18-3-9-22(32-2)10-4-18/h3-15H,16H2,1-2H3,(H,28,29). The Kier molecular flexibility index (Phi) is 7.37. The highest BCUT2D eigenvalue weighted by Gasteiger charge is 2.18. The Morgan fingerprint density at radius 1 is 0.943 bits per heavy atom. The molecule has 0 fully saturated rings. The van der Waals surface area contributed by atoms with Crippen molar-refractivity contribution in [2.24, 2.45) is 5.18 Å². The number of nitrogens with zero attached hydrogens (tertiary/aromatic N) is 1. The minimum Gasteiger partial charge on any atom is -0.497 e. The summed E-state index contributed by atoms with van der Waals surface area (Å²) >= 11 is 0. The summed E-state index contributed by atoms with van der Waals surface area (Å²) in [4.78, 5) is 23.3. The molecule has 178 valence electrons. The van der Waals surface area contributed by atoms with Crippen molar-refractivity contribution >= 4 is 22.6 Å². The molecule has 4 aromatic rings. The molecule has 9 heteroatoms. The third-order valence-electron chi connectivity index (χ3n) is 5.26. The van der Waals surface area contributed by atoms with Crippen LogP contribution in [0.2, 0.25) is 0 Å². The molecular weight excluding hydrogens is 468 g/mol. The van der Waals surface area contributed by atoms with E-state index in [1.54, 1.807) is 20.1 Å². The van der Waals surface area contributed by atoms with E-state index in [0.717, 1.165) is 16.9 Å². The van der Waals surface area contributed by atoms with Gasteiger partial charge in [0.2, 0.25) is 0 Å². The van der Waals surface area contributed by atoms with E-state index in [2.05, 4.69) is 9.90 Å². The van der Waals surface area contributed by atoms with Crippen LogP contribution < -0.4 is 14.2 Å². The van der Waals surface area contributed by atoms with E-state index >= 15 is 0 Å². The molecule has 1 amide bonds. The summed E-state index contributed by atoms with van der Waals surface area (Å²) in [5.74, 6) is 1.39. The highest BCUT2D eigenvalue weighted by molar-refractivity contribution is 7.83. The Morgan fingerprint density at radius 3 is 2.11 bits per heavy atom. The summed E-state index contributed by atoms with van der Waals surface area (Å²) in [7, 11) is -0.184. The molecule has 0 radical (unpaired) electrons. The van der Waals surface area contributed by atoms with Gasteiger partial charge in [-0.1, -0.05) is 24.3 Å². The van der Waals surface area contributed by atoms with Gasteiger partial charge in [-0.15, -0.1) is 4.91 Å². The Labute approximate surface area is 204 Å². The van der Waals surface area contributed by atoms with Gasteiger partial charge in [0.1, 0.15) is 29.6 Å². The number of nitroso groups, excluding NO2 is 1. The molecule has 0 saturated carbocycles. The minimum atomic E-state index is -1.82. The largest absolute Gasteiger partial charge is 0.497 e. The first-order valence-corrected chi connectivity index (χ1v) is 11.7. The fraction of sp³-hybridized carbons (Fsp3) is 0.115. The van der Waals surface area contributed by atoms with E-state index in [9.17, 15) is 13.9 Å². The second kappa shape index (κ2) is 10.8. The number of amides is 1. The lowest BCUT2D eigenvalue weighted by Gasteiger charge is -2.07. The molecular formula is C26H22N2O6S. The molecule has 1 heterocycles. The molecule has 0 spiro atoms. The molecule has 0 bridgehead atoms. The van der Waals surface area contributed by atoms with Crippen molar-refractivity contribution < 1.29 is 22.9 Å². The van der Waals surface area contributed by atoms with Crippen molar-refractivity contribution in [2.45, 2.75) is 18.4 Å². The highest BCUT2D eigenvalue weighted by Crippen LogP contribution is 2.25. The lowest BCUT2D eigenvalue weighted by Crippen LogP contribution is -2.25. The van der Waals surface area contributed by atoms with Crippen LogP contribution >= 0.6 is 0 Å². The van der Waals surface area contributed by atoms with E-state index in [-0.39, 0.29) is 18.1 Å². The summed E-state index contributed by atoms with van der Waals surface area (Å²) in [5.41, 5.74) is 3.01. The van der Waals surface area contributed by atoms with Crippen molar-refractivity contribution in [1.29, 1.82) is 0 Å². The molecule has 1 N–H and O–H groups in total. The van der Waals surface area contributed by atoms with E-state index in [1.165, 1.54) is 24.3 Å². The van der Waals surface area contributed by atoms with Crippen molar-refractivity contribution in [3.63, 3.8) is 0 Å². The van der Waals surface area contributed by atoms with Crippen LogP contribution in [-0.4, -0.2) is 17.2 Å². The first-order valence-electron chi connectivity index (χ1n) is 10.6. The molecule has 35 heavy (non-hydrogen) atoms. The van der Waals surface area contributed by atoms with Crippen LogP contribution in [0.15, 0.2) is 93.4 Å². The number of hydrogen-bond acceptors (Lipinski definition) is 7. The van der Waals surface area contributed by atoms with Gasteiger partial charge in [-0.2, -0.15) is 0 Å². The molecule has 0 aliphatic rings. The molecule has 0 aliphatic heterocycles. The average molecular weight is 491 g/mol. The first kappa shape index (κ1) is 23.9. The molecule has 3 aromatic carbocycles. The number of hydrogen-bond donors (Lipinski definition) is 1. The second-order valence-corrected chi connectivity index (χ2v) is 8.73. The summed E-state index contributed by atoms with van der Waals surface area (Å²) in [6.45, 7) is 1.93.